The second-order valence-electron chi connectivity index (χ2n) is 5.49. The summed E-state index contributed by atoms with van der Waals surface area (Å²) in [6, 6.07) is 16.0. The maximum absolute atomic E-state index is 11.1. The predicted octanol–water partition coefficient (Wildman–Crippen LogP) is 3.63. The van der Waals surface area contributed by atoms with E-state index >= 15 is 0 Å². The largest absolute Gasteiger partial charge is 0.366 e. The quantitative estimate of drug-likeness (QED) is 0.782. The van der Waals surface area contributed by atoms with E-state index in [2.05, 4.69) is 41.6 Å². The zero-order valence-electron chi connectivity index (χ0n) is 12.5. The summed E-state index contributed by atoms with van der Waals surface area (Å²) in [6.07, 6.45) is 0. The van der Waals surface area contributed by atoms with Crippen LogP contribution in [0.2, 0.25) is 0 Å². The van der Waals surface area contributed by atoms with E-state index in [4.69, 9.17) is 5.73 Å². The monoisotopic (exact) mass is 310 g/mol. The van der Waals surface area contributed by atoms with Gasteiger partial charge in [0.2, 0.25) is 5.91 Å². The van der Waals surface area contributed by atoms with Crippen molar-refractivity contribution in [1.29, 1.82) is 0 Å². The Morgan fingerprint density at radius 2 is 1.82 bits per heavy atom. The third kappa shape index (κ3) is 3.18. The van der Waals surface area contributed by atoms with Gasteiger partial charge in [-0.05, 0) is 47.1 Å². The molecule has 4 heteroatoms. The molecular weight excluding hydrogens is 292 g/mol. The molecule has 0 unspecified atom stereocenters. The van der Waals surface area contributed by atoms with Crippen molar-refractivity contribution in [2.24, 2.45) is 5.73 Å². The van der Waals surface area contributed by atoms with Gasteiger partial charge in [-0.15, -0.1) is 11.3 Å². The van der Waals surface area contributed by atoms with E-state index in [0.717, 1.165) is 13.1 Å². The van der Waals surface area contributed by atoms with Gasteiger partial charge in [0.05, 0.1) is 0 Å². The van der Waals surface area contributed by atoms with Gasteiger partial charge in [0.1, 0.15) is 0 Å². The predicted molar refractivity (Wildman–Crippen MR) is 92.0 cm³/mol. The SMILES string of the molecule is CN(Cc1ccc(C(N)=O)cc1)Cc1csc2ccccc12. The Kier molecular flexibility index (Phi) is 4.22. The fraction of sp³-hybridized carbons (Fsp3) is 0.167. The first-order valence-electron chi connectivity index (χ1n) is 7.16. The van der Waals surface area contributed by atoms with Crippen LogP contribution in [0.3, 0.4) is 0 Å². The lowest BCUT2D eigenvalue weighted by atomic mass is 10.1. The first-order chi connectivity index (χ1) is 10.6. The number of benzene rings is 2. The van der Waals surface area contributed by atoms with Crippen molar-refractivity contribution in [2.75, 3.05) is 7.05 Å². The highest BCUT2D eigenvalue weighted by molar-refractivity contribution is 7.17. The highest BCUT2D eigenvalue weighted by Crippen LogP contribution is 2.26. The van der Waals surface area contributed by atoms with Crippen molar-refractivity contribution in [1.82, 2.24) is 4.90 Å². The van der Waals surface area contributed by atoms with Crippen molar-refractivity contribution >= 4 is 27.3 Å². The van der Waals surface area contributed by atoms with Crippen LogP contribution < -0.4 is 5.73 Å². The molecule has 3 nitrogen and oxygen atoms in total. The normalized spacial score (nSPS) is 11.2. The van der Waals surface area contributed by atoms with E-state index in [1.165, 1.54) is 21.2 Å². The molecular formula is C18H18N2OS. The molecule has 0 saturated carbocycles. The van der Waals surface area contributed by atoms with Crippen LogP contribution in [0.4, 0.5) is 0 Å². The molecule has 0 aliphatic heterocycles. The number of hydrogen-bond donors (Lipinski definition) is 1. The van der Waals surface area contributed by atoms with Gasteiger partial charge in [0.25, 0.3) is 0 Å². The molecule has 0 spiro atoms. The number of rotatable bonds is 5. The average molecular weight is 310 g/mol. The second kappa shape index (κ2) is 6.30. The zero-order valence-corrected chi connectivity index (χ0v) is 13.3. The first-order valence-corrected chi connectivity index (χ1v) is 8.04. The Balaban J connectivity index is 1.69. The van der Waals surface area contributed by atoms with Gasteiger partial charge in [0, 0.05) is 23.4 Å². The van der Waals surface area contributed by atoms with Crippen molar-refractivity contribution in [3.63, 3.8) is 0 Å². The van der Waals surface area contributed by atoms with E-state index in [-0.39, 0.29) is 5.91 Å². The van der Waals surface area contributed by atoms with Gasteiger partial charge in [-0.2, -0.15) is 0 Å². The van der Waals surface area contributed by atoms with Gasteiger partial charge in [-0.1, -0.05) is 30.3 Å². The molecule has 3 rings (SSSR count). The Bertz CT molecular complexity index is 792. The van der Waals surface area contributed by atoms with Gasteiger partial charge < -0.3 is 5.73 Å². The van der Waals surface area contributed by atoms with Crippen LogP contribution in [0.5, 0.6) is 0 Å². The fourth-order valence-electron chi connectivity index (χ4n) is 2.59. The lowest BCUT2D eigenvalue weighted by Gasteiger charge is -2.16. The number of carbonyl (C=O) groups excluding carboxylic acids is 1. The number of fused-ring (bicyclic) bond motifs is 1. The minimum Gasteiger partial charge on any atom is -0.366 e. The van der Waals surface area contributed by atoms with Crippen molar-refractivity contribution in [3.05, 3.63) is 70.6 Å². The Hall–Kier alpha value is -2.17. The summed E-state index contributed by atoms with van der Waals surface area (Å²) in [5.41, 5.74) is 8.34. The molecule has 3 aromatic rings. The third-order valence-corrected chi connectivity index (χ3v) is 4.70. The number of amides is 1. The van der Waals surface area contributed by atoms with Crippen LogP contribution in [-0.2, 0) is 13.1 Å². The maximum Gasteiger partial charge on any atom is 0.248 e. The third-order valence-electron chi connectivity index (χ3n) is 3.69. The summed E-state index contributed by atoms with van der Waals surface area (Å²) in [5, 5.41) is 3.57. The molecule has 2 N–H and O–H groups in total. The Labute approximate surface area is 134 Å². The molecule has 1 heterocycles. The number of thiophene rings is 1. The lowest BCUT2D eigenvalue weighted by molar-refractivity contribution is 0.100. The molecule has 0 bridgehead atoms. The van der Waals surface area contributed by atoms with Gasteiger partial charge in [-0.25, -0.2) is 0 Å². The van der Waals surface area contributed by atoms with E-state index < -0.39 is 0 Å². The van der Waals surface area contributed by atoms with Crippen molar-refractivity contribution in [2.45, 2.75) is 13.1 Å². The van der Waals surface area contributed by atoms with E-state index in [1.807, 2.05) is 12.1 Å². The average Bonchev–Trinajstić information content (AvgIpc) is 2.91. The standard InChI is InChI=1S/C18H18N2OS/c1-20(10-13-6-8-14(9-7-13)18(19)21)11-15-12-22-17-5-3-2-4-16(15)17/h2-9,12H,10-11H2,1H3,(H2,19,21). The smallest absolute Gasteiger partial charge is 0.248 e. The zero-order chi connectivity index (χ0) is 15.5. The molecule has 1 amide bonds. The number of nitrogens with zero attached hydrogens (tertiary/aromatic N) is 1. The van der Waals surface area contributed by atoms with E-state index in [0.29, 0.717) is 5.56 Å². The molecule has 0 radical (unpaired) electrons. The van der Waals surface area contributed by atoms with Crippen molar-refractivity contribution in [3.8, 4) is 0 Å². The van der Waals surface area contributed by atoms with Crippen LogP contribution in [0.15, 0.2) is 53.9 Å². The van der Waals surface area contributed by atoms with Crippen LogP contribution in [0.1, 0.15) is 21.5 Å². The van der Waals surface area contributed by atoms with Crippen LogP contribution >= 0.6 is 11.3 Å². The molecule has 0 fully saturated rings. The molecule has 112 valence electrons. The highest BCUT2D eigenvalue weighted by atomic mass is 32.1. The number of hydrogen-bond acceptors (Lipinski definition) is 3. The molecule has 0 saturated heterocycles. The van der Waals surface area contributed by atoms with Gasteiger partial charge in [0.15, 0.2) is 0 Å². The minimum atomic E-state index is -0.385. The summed E-state index contributed by atoms with van der Waals surface area (Å²) in [4.78, 5) is 13.4. The van der Waals surface area contributed by atoms with Crippen LogP contribution in [0.25, 0.3) is 10.1 Å². The molecule has 2 aromatic carbocycles. The topological polar surface area (TPSA) is 46.3 Å². The van der Waals surface area contributed by atoms with Crippen molar-refractivity contribution < 1.29 is 4.79 Å². The second-order valence-corrected chi connectivity index (χ2v) is 6.40. The Morgan fingerprint density at radius 3 is 2.55 bits per heavy atom. The molecule has 0 aliphatic rings. The highest BCUT2D eigenvalue weighted by Gasteiger charge is 2.07. The molecule has 22 heavy (non-hydrogen) atoms. The Morgan fingerprint density at radius 1 is 1.09 bits per heavy atom. The number of nitrogens with two attached hydrogens (primary N) is 1. The molecule has 0 atom stereocenters. The summed E-state index contributed by atoms with van der Waals surface area (Å²) in [6.45, 7) is 1.74. The maximum atomic E-state index is 11.1. The van der Waals surface area contributed by atoms with Gasteiger partial charge >= 0.3 is 0 Å². The van der Waals surface area contributed by atoms with Crippen LogP contribution in [0, 0.1) is 0 Å². The summed E-state index contributed by atoms with van der Waals surface area (Å²) in [5.74, 6) is -0.385. The van der Waals surface area contributed by atoms with E-state index in [9.17, 15) is 4.79 Å². The summed E-state index contributed by atoms with van der Waals surface area (Å²) in [7, 11) is 2.11. The fourth-order valence-corrected chi connectivity index (χ4v) is 3.54. The van der Waals surface area contributed by atoms with Crippen LogP contribution in [-0.4, -0.2) is 17.9 Å². The minimum absolute atomic E-state index is 0.385. The number of primary amides is 1. The lowest BCUT2D eigenvalue weighted by Crippen LogP contribution is -2.17. The summed E-state index contributed by atoms with van der Waals surface area (Å²) >= 11 is 1.79. The van der Waals surface area contributed by atoms with E-state index in [1.54, 1.807) is 23.5 Å². The first kappa shape index (κ1) is 14.8. The molecule has 0 aliphatic carbocycles. The molecule has 1 aromatic heterocycles. The van der Waals surface area contributed by atoms with Gasteiger partial charge in [-0.3, -0.25) is 9.69 Å². The number of carbonyl (C=O) groups is 1. The summed E-state index contributed by atoms with van der Waals surface area (Å²) < 4.78 is 1.33.